The van der Waals surface area contributed by atoms with Crippen LogP contribution in [0.15, 0.2) is 36.4 Å². The second-order valence-electron chi connectivity index (χ2n) is 9.28. The number of nitrogens with one attached hydrogen (secondary N) is 2. The van der Waals surface area contributed by atoms with E-state index in [9.17, 15) is 4.79 Å². The van der Waals surface area contributed by atoms with Gasteiger partial charge in [0.15, 0.2) is 11.5 Å². The van der Waals surface area contributed by atoms with Crippen molar-refractivity contribution in [3.63, 3.8) is 0 Å². The summed E-state index contributed by atoms with van der Waals surface area (Å²) < 4.78 is 10.8. The highest BCUT2D eigenvalue weighted by molar-refractivity contribution is 5.82. The molecule has 4 rings (SSSR count). The highest BCUT2D eigenvalue weighted by atomic mass is 16.7. The molecule has 0 aromatic heterocycles. The molecule has 2 N–H and O–H groups in total. The van der Waals surface area contributed by atoms with Crippen molar-refractivity contribution in [1.29, 1.82) is 0 Å². The number of amides is 1. The van der Waals surface area contributed by atoms with Crippen LogP contribution in [-0.4, -0.2) is 48.8 Å². The molecule has 1 fully saturated rings. The minimum atomic E-state index is -0.0946. The second kappa shape index (κ2) is 9.92. The Bertz CT molecular complexity index is 959. The second-order valence-corrected chi connectivity index (χ2v) is 9.28. The summed E-state index contributed by atoms with van der Waals surface area (Å²) in [6.45, 7) is 11.2. The molecule has 32 heavy (non-hydrogen) atoms. The molecule has 0 spiro atoms. The lowest BCUT2D eigenvalue weighted by Crippen LogP contribution is -2.46. The van der Waals surface area contributed by atoms with Crippen LogP contribution in [0.25, 0.3) is 0 Å². The van der Waals surface area contributed by atoms with E-state index in [0.29, 0.717) is 18.6 Å². The summed E-state index contributed by atoms with van der Waals surface area (Å²) in [7, 11) is 0. The van der Waals surface area contributed by atoms with Crippen LogP contribution in [0.1, 0.15) is 42.5 Å². The summed E-state index contributed by atoms with van der Waals surface area (Å²) in [5.74, 6) is 1.69. The number of benzene rings is 2. The van der Waals surface area contributed by atoms with E-state index in [4.69, 9.17) is 9.47 Å². The van der Waals surface area contributed by atoms with E-state index in [1.807, 2.05) is 18.2 Å². The highest BCUT2D eigenvalue weighted by Gasteiger charge is 2.37. The first kappa shape index (κ1) is 22.6. The van der Waals surface area contributed by atoms with Gasteiger partial charge in [0.1, 0.15) is 0 Å². The van der Waals surface area contributed by atoms with E-state index in [1.54, 1.807) is 0 Å². The molecule has 1 saturated heterocycles. The molecule has 172 valence electrons. The number of likely N-dealkylation sites (tertiary alicyclic amines) is 1. The van der Waals surface area contributed by atoms with Crippen LogP contribution in [0, 0.1) is 13.8 Å². The van der Waals surface area contributed by atoms with E-state index >= 15 is 0 Å². The van der Waals surface area contributed by atoms with Crippen molar-refractivity contribution < 1.29 is 14.3 Å². The molecule has 0 radical (unpaired) electrons. The van der Waals surface area contributed by atoms with Gasteiger partial charge in [-0.25, -0.2) is 0 Å². The number of fused-ring (bicyclic) bond motifs is 1. The van der Waals surface area contributed by atoms with Gasteiger partial charge in [0, 0.05) is 31.7 Å². The number of hydrogen-bond donors (Lipinski definition) is 2. The Labute approximate surface area is 191 Å². The molecule has 0 saturated carbocycles. The molecule has 2 aromatic carbocycles. The molecule has 2 aliphatic heterocycles. The molecule has 0 unspecified atom stereocenters. The molecule has 0 bridgehead atoms. The van der Waals surface area contributed by atoms with Gasteiger partial charge >= 0.3 is 0 Å². The number of carbonyl (C=O) groups is 1. The van der Waals surface area contributed by atoms with Crippen molar-refractivity contribution >= 4 is 5.91 Å². The Morgan fingerprint density at radius 3 is 2.75 bits per heavy atom. The zero-order valence-corrected chi connectivity index (χ0v) is 19.6. The van der Waals surface area contributed by atoms with Crippen molar-refractivity contribution in [2.45, 2.75) is 65.2 Å². The van der Waals surface area contributed by atoms with Crippen LogP contribution >= 0.6 is 0 Å². The van der Waals surface area contributed by atoms with Crippen molar-refractivity contribution in [2.24, 2.45) is 0 Å². The van der Waals surface area contributed by atoms with Gasteiger partial charge in [0.05, 0.1) is 6.04 Å². The lowest BCUT2D eigenvalue weighted by atomic mass is 10.0. The summed E-state index contributed by atoms with van der Waals surface area (Å²) >= 11 is 0. The summed E-state index contributed by atoms with van der Waals surface area (Å²) in [5.41, 5.74) is 5.05. The van der Waals surface area contributed by atoms with Crippen LogP contribution in [0.2, 0.25) is 0 Å². The summed E-state index contributed by atoms with van der Waals surface area (Å²) in [6, 6.07) is 13.1. The van der Waals surface area contributed by atoms with Gasteiger partial charge in [-0.1, -0.05) is 29.8 Å². The Morgan fingerprint density at radius 2 is 1.94 bits per heavy atom. The number of ether oxygens (including phenoxy) is 2. The van der Waals surface area contributed by atoms with Gasteiger partial charge in [-0.05, 0) is 69.4 Å². The third kappa shape index (κ3) is 5.25. The Kier molecular flexibility index (Phi) is 7.01. The van der Waals surface area contributed by atoms with Gasteiger partial charge in [0.25, 0.3) is 0 Å². The third-order valence-corrected chi connectivity index (χ3v) is 6.54. The highest BCUT2D eigenvalue weighted by Crippen LogP contribution is 2.32. The average Bonchev–Trinajstić information content (AvgIpc) is 3.41. The molecule has 1 amide bonds. The predicted molar refractivity (Wildman–Crippen MR) is 126 cm³/mol. The van der Waals surface area contributed by atoms with Crippen LogP contribution in [0.5, 0.6) is 11.5 Å². The minimum Gasteiger partial charge on any atom is -0.454 e. The summed E-state index contributed by atoms with van der Waals surface area (Å²) in [6.07, 6.45) is 1.60. The van der Waals surface area contributed by atoms with Crippen LogP contribution < -0.4 is 20.1 Å². The fourth-order valence-corrected chi connectivity index (χ4v) is 4.63. The molecular weight excluding hydrogens is 402 g/mol. The van der Waals surface area contributed by atoms with E-state index in [1.165, 1.54) is 16.7 Å². The van der Waals surface area contributed by atoms with Gasteiger partial charge < -0.3 is 20.1 Å². The zero-order chi connectivity index (χ0) is 22.7. The Balaban J connectivity index is 1.30. The average molecular weight is 438 g/mol. The smallest absolute Gasteiger partial charge is 0.237 e. The molecule has 2 aliphatic rings. The fraction of sp³-hybridized carbons (Fsp3) is 0.500. The lowest BCUT2D eigenvalue weighted by Gasteiger charge is -2.27. The molecule has 6 heteroatoms. The maximum absolute atomic E-state index is 13.0. The topological polar surface area (TPSA) is 62.8 Å². The SMILES string of the molecule is Cc1ccc(C)c(CN[C@H]2C[C@@H](C(=O)NCCc3ccc4c(c3)OCO4)N(C(C)C)C2)c1. The van der Waals surface area contributed by atoms with E-state index in [2.05, 4.69) is 61.4 Å². The van der Waals surface area contributed by atoms with Crippen molar-refractivity contribution in [3.8, 4) is 11.5 Å². The fourth-order valence-electron chi connectivity index (χ4n) is 4.63. The molecule has 0 aliphatic carbocycles. The summed E-state index contributed by atoms with van der Waals surface area (Å²) in [4.78, 5) is 15.3. The number of carbonyl (C=O) groups excluding carboxylic acids is 1. The maximum atomic E-state index is 13.0. The van der Waals surface area contributed by atoms with E-state index in [-0.39, 0.29) is 18.7 Å². The molecule has 6 nitrogen and oxygen atoms in total. The molecule has 2 heterocycles. The van der Waals surface area contributed by atoms with Crippen LogP contribution in [0.3, 0.4) is 0 Å². The quantitative estimate of drug-likeness (QED) is 0.663. The maximum Gasteiger partial charge on any atom is 0.237 e. The first-order chi connectivity index (χ1) is 15.4. The summed E-state index contributed by atoms with van der Waals surface area (Å²) in [5, 5.41) is 6.85. The molecule has 2 aromatic rings. The van der Waals surface area contributed by atoms with Crippen molar-refractivity contribution in [1.82, 2.24) is 15.5 Å². The van der Waals surface area contributed by atoms with Crippen LogP contribution in [0.4, 0.5) is 0 Å². The normalized spacial score (nSPS) is 20.2. The largest absolute Gasteiger partial charge is 0.454 e. The van der Waals surface area contributed by atoms with Gasteiger partial charge in [-0.3, -0.25) is 9.69 Å². The van der Waals surface area contributed by atoms with E-state index in [0.717, 1.165) is 43.0 Å². The predicted octanol–water partition coefficient (Wildman–Crippen LogP) is 3.33. The van der Waals surface area contributed by atoms with Crippen molar-refractivity contribution in [2.75, 3.05) is 19.9 Å². The molecule has 2 atom stereocenters. The molecular formula is C26H35N3O3. The van der Waals surface area contributed by atoms with E-state index < -0.39 is 0 Å². The van der Waals surface area contributed by atoms with Crippen LogP contribution in [-0.2, 0) is 17.8 Å². The van der Waals surface area contributed by atoms with Crippen molar-refractivity contribution in [3.05, 3.63) is 58.7 Å². The Morgan fingerprint density at radius 1 is 1.12 bits per heavy atom. The van der Waals surface area contributed by atoms with Gasteiger partial charge in [-0.2, -0.15) is 0 Å². The lowest BCUT2D eigenvalue weighted by molar-refractivity contribution is -0.126. The monoisotopic (exact) mass is 437 g/mol. The third-order valence-electron chi connectivity index (χ3n) is 6.54. The first-order valence-corrected chi connectivity index (χ1v) is 11.6. The number of hydrogen-bond acceptors (Lipinski definition) is 5. The number of rotatable bonds is 8. The van der Waals surface area contributed by atoms with Gasteiger partial charge in [0.2, 0.25) is 12.7 Å². The van der Waals surface area contributed by atoms with Gasteiger partial charge in [-0.15, -0.1) is 0 Å². The zero-order valence-electron chi connectivity index (χ0n) is 19.6. The standard InChI is InChI=1S/C26H35N3O3/c1-17(2)29-15-22(28-14-21-11-18(3)5-6-19(21)4)13-23(29)26(30)27-10-9-20-7-8-24-25(12-20)32-16-31-24/h5-8,11-12,17,22-23,28H,9-10,13-16H2,1-4H3,(H,27,30)/t22-,23-/m0/s1. The number of nitrogens with zero attached hydrogens (tertiary/aromatic N) is 1. The number of aryl methyl sites for hydroxylation is 2. The minimum absolute atomic E-state index is 0.0946. The first-order valence-electron chi connectivity index (χ1n) is 11.6. The Hall–Kier alpha value is -2.57.